The van der Waals surface area contributed by atoms with Gasteiger partial charge in [0.05, 0.1) is 0 Å². The largest absolute Gasteiger partial charge is 0.346 e. The second kappa shape index (κ2) is 4.24. The first-order valence-electron chi connectivity index (χ1n) is 6.49. The molecule has 1 unspecified atom stereocenters. The monoisotopic (exact) mass is 245 g/mol. The lowest BCUT2D eigenvalue weighted by Crippen LogP contribution is -2.27. The molecule has 1 atom stereocenters. The number of hydrogen-bond donors (Lipinski definition) is 2. The topological polar surface area (TPSA) is 70.8 Å². The Morgan fingerprint density at radius 2 is 2.33 bits per heavy atom. The van der Waals surface area contributed by atoms with Crippen LogP contribution in [0.2, 0.25) is 0 Å². The van der Waals surface area contributed by atoms with E-state index in [4.69, 9.17) is 5.73 Å². The van der Waals surface area contributed by atoms with Gasteiger partial charge in [0, 0.05) is 36.9 Å². The molecule has 0 bridgehead atoms. The van der Waals surface area contributed by atoms with Crippen LogP contribution < -0.4 is 10.6 Å². The molecule has 1 fully saturated rings. The molecule has 0 aromatic carbocycles. The van der Waals surface area contributed by atoms with Crippen molar-refractivity contribution < 1.29 is 0 Å². The Labute approximate surface area is 106 Å². The number of hydrogen-bond acceptors (Lipinski definition) is 4. The number of nitrogens with one attached hydrogen (secondary N) is 1. The van der Waals surface area contributed by atoms with Gasteiger partial charge in [-0.1, -0.05) is 13.8 Å². The molecule has 5 heteroatoms. The van der Waals surface area contributed by atoms with Crippen molar-refractivity contribution >= 4 is 17.0 Å². The van der Waals surface area contributed by atoms with Gasteiger partial charge < -0.3 is 15.6 Å². The Morgan fingerprint density at radius 3 is 3.00 bits per heavy atom. The van der Waals surface area contributed by atoms with Crippen molar-refractivity contribution in [1.82, 2.24) is 15.0 Å². The Hall–Kier alpha value is -1.62. The molecule has 96 valence electrons. The van der Waals surface area contributed by atoms with Crippen LogP contribution in [0.25, 0.3) is 11.0 Å². The number of anilines is 1. The average Bonchev–Trinajstić information content (AvgIpc) is 2.93. The normalized spacial score (nSPS) is 20.2. The van der Waals surface area contributed by atoms with E-state index in [-0.39, 0.29) is 6.04 Å². The minimum atomic E-state index is 0.249. The average molecular weight is 245 g/mol. The van der Waals surface area contributed by atoms with Crippen LogP contribution in [-0.4, -0.2) is 34.1 Å². The zero-order valence-electron chi connectivity index (χ0n) is 10.8. The molecule has 0 spiro atoms. The van der Waals surface area contributed by atoms with Crippen molar-refractivity contribution in [3.63, 3.8) is 0 Å². The summed E-state index contributed by atoms with van der Waals surface area (Å²) in [5.41, 5.74) is 8.11. The van der Waals surface area contributed by atoms with E-state index in [1.165, 1.54) is 5.56 Å². The highest BCUT2D eigenvalue weighted by Gasteiger charge is 2.22. The predicted octanol–water partition coefficient (Wildman–Crippen LogP) is 1.62. The lowest BCUT2D eigenvalue weighted by Gasteiger charge is -2.15. The zero-order chi connectivity index (χ0) is 12.7. The van der Waals surface area contributed by atoms with Gasteiger partial charge in [0.15, 0.2) is 0 Å². The summed E-state index contributed by atoms with van der Waals surface area (Å²) in [4.78, 5) is 14.5. The third-order valence-corrected chi connectivity index (χ3v) is 3.58. The molecule has 1 aliphatic heterocycles. The SMILES string of the molecule is CC(C)c1c[nH]c2nc(N3CCC(N)C3)ncc12. The summed E-state index contributed by atoms with van der Waals surface area (Å²) in [6, 6.07) is 0.249. The first kappa shape index (κ1) is 11.5. The Bertz CT molecular complexity index is 560. The van der Waals surface area contributed by atoms with E-state index < -0.39 is 0 Å². The van der Waals surface area contributed by atoms with E-state index in [1.807, 2.05) is 12.4 Å². The van der Waals surface area contributed by atoms with Gasteiger partial charge in [0.1, 0.15) is 5.65 Å². The highest BCUT2D eigenvalue weighted by Crippen LogP contribution is 2.25. The van der Waals surface area contributed by atoms with Gasteiger partial charge in [-0.3, -0.25) is 0 Å². The summed E-state index contributed by atoms with van der Waals surface area (Å²) in [5.74, 6) is 1.26. The maximum Gasteiger partial charge on any atom is 0.227 e. The number of aromatic amines is 1. The summed E-state index contributed by atoms with van der Waals surface area (Å²) in [6.45, 7) is 6.15. The molecule has 0 saturated carbocycles. The van der Waals surface area contributed by atoms with Crippen molar-refractivity contribution in [3.8, 4) is 0 Å². The van der Waals surface area contributed by atoms with E-state index in [1.54, 1.807) is 0 Å². The first-order valence-corrected chi connectivity index (χ1v) is 6.49. The van der Waals surface area contributed by atoms with Gasteiger partial charge in [-0.25, -0.2) is 4.98 Å². The highest BCUT2D eigenvalue weighted by atomic mass is 15.3. The van der Waals surface area contributed by atoms with E-state index >= 15 is 0 Å². The maximum atomic E-state index is 5.91. The molecule has 5 nitrogen and oxygen atoms in total. The van der Waals surface area contributed by atoms with E-state index in [9.17, 15) is 0 Å². The van der Waals surface area contributed by atoms with Gasteiger partial charge in [0.2, 0.25) is 5.95 Å². The third-order valence-electron chi connectivity index (χ3n) is 3.58. The van der Waals surface area contributed by atoms with Gasteiger partial charge in [0.25, 0.3) is 0 Å². The lowest BCUT2D eigenvalue weighted by atomic mass is 10.1. The Kier molecular flexibility index (Phi) is 2.70. The number of nitrogens with zero attached hydrogens (tertiary/aromatic N) is 3. The number of nitrogens with two attached hydrogens (primary N) is 1. The van der Waals surface area contributed by atoms with Crippen LogP contribution in [0.3, 0.4) is 0 Å². The fourth-order valence-corrected chi connectivity index (χ4v) is 2.52. The van der Waals surface area contributed by atoms with Gasteiger partial charge in [-0.15, -0.1) is 0 Å². The van der Waals surface area contributed by atoms with Crippen molar-refractivity contribution in [2.24, 2.45) is 5.73 Å². The van der Waals surface area contributed by atoms with Gasteiger partial charge in [-0.2, -0.15) is 4.98 Å². The smallest absolute Gasteiger partial charge is 0.227 e. The molecular formula is C13H19N5. The van der Waals surface area contributed by atoms with Crippen molar-refractivity contribution in [2.45, 2.75) is 32.2 Å². The molecule has 0 amide bonds. The second-order valence-electron chi connectivity index (χ2n) is 5.33. The fourth-order valence-electron chi connectivity index (χ4n) is 2.52. The van der Waals surface area contributed by atoms with Crippen molar-refractivity contribution in [1.29, 1.82) is 0 Å². The van der Waals surface area contributed by atoms with Crippen LogP contribution in [0, 0.1) is 0 Å². The van der Waals surface area contributed by atoms with Gasteiger partial charge in [-0.05, 0) is 17.9 Å². The first-order chi connectivity index (χ1) is 8.65. The van der Waals surface area contributed by atoms with Crippen LogP contribution in [-0.2, 0) is 0 Å². The highest BCUT2D eigenvalue weighted by molar-refractivity contribution is 5.80. The summed E-state index contributed by atoms with van der Waals surface area (Å²) >= 11 is 0. The molecule has 1 aliphatic rings. The molecule has 18 heavy (non-hydrogen) atoms. The van der Waals surface area contributed by atoms with Crippen LogP contribution in [0.4, 0.5) is 5.95 Å². The number of rotatable bonds is 2. The van der Waals surface area contributed by atoms with Crippen LogP contribution in [0.1, 0.15) is 31.7 Å². The standard InChI is InChI=1S/C13H19N5/c1-8(2)10-5-15-12-11(10)6-16-13(17-12)18-4-3-9(14)7-18/h5-6,8-9H,3-4,7,14H2,1-2H3,(H,15,16,17). The predicted molar refractivity (Wildman–Crippen MR) is 72.8 cm³/mol. The zero-order valence-corrected chi connectivity index (χ0v) is 10.8. The minimum absolute atomic E-state index is 0.249. The summed E-state index contributed by atoms with van der Waals surface area (Å²) in [6.07, 6.45) is 4.97. The molecular weight excluding hydrogens is 226 g/mol. The van der Waals surface area contributed by atoms with E-state index in [2.05, 4.69) is 33.7 Å². The molecule has 0 radical (unpaired) electrons. The molecule has 0 aliphatic carbocycles. The van der Waals surface area contributed by atoms with E-state index in [0.29, 0.717) is 5.92 Å². The lowest BCUT2D eigenvalue weighted by molar-refractivity contribution is 0.750. The maximum absolute atomic E-state index is 5.91. The molecule has 1 saturated heterocycles. The van der Waals surface area contributed by atoms with Gasteiger partial charge >= 0.3 is 0 Å². The van der Waals surface area contributed by atoms with Crippen molar-refractivity contribution in [2.75, 3.05) is 18.0 Å². The summed E-state index contributed by atoms with van der Waals surface area (Å²) in [5, 5.41) is 1.12. The van der Waals surface area contributed by atoms with Crippen LogP contribution >= 0.6 is 0 Å². The molecule has 2 aromatic heterocycles. The Balaban J connectivity index is 1.97. The second-order valence-corrected chi connectivity index (χ2v) is 5.33. The molecule has 3 rings (SSSR count). The number of aromatic nitrogens is 3. The van der Waals surface area contributed by atoms with Crippen LogP contribution in [0.15, 0.2) is 12.4 Å². The van der Waals surface area contributed by atoms with E-state index in [0.717, 1.165) is 36.5 Å². The van der Waals surface area contributed by atoms with Crippen LogP contribution in [0.5, 0.6) is 0 Å². The molecule has 3 N–H and O–H groups in total. The number of fused-ring (bicyclic) bond motifs is 1. The quantitative estimate of drug-likeness (QED) is 0.843. The summed E-state index contributed by atoms with van der Waals surface area (Å²) in [7, 11) is 0. The number of H-pyrrole nitrogens is 1. The molecule has 3 heterocycles. The fraction of sp³-hybridized carbons (Fsp3) is 0.538. The molecule has 2 aromatic rings. The van der Waals surface area contributed by atoms with Crippen molar-refractivity contribution in [3.05, 3.63) is 18.0 Å². The summed E-state index contributed by atoms with van der Waals surface area (Å²) < 4.78 is 0. The third kappa shape index (κ3) is 1.84. The Morgan fingerprint density at radius 1 is 1.50 bits per heavy atom. The minimum Gasteiger partial charge on any atom is -0.346 e.